The largest absolute Gasteiger partial charge is 0.274 e. The Labute approximate surface area is 139 Å². The zero-order chi connectivity index (χ0) is 16.9. The summed E-state index contributed by atoms with van der Waals surface area (Å²) in [6.07, 6.45) is 3.38. The van der Waals surface area contributed by atoms with Gasteiger partial charge in [-0.2, -0.15) is 0 Å². The Hall–Kier alpha value is -1.82. The smallest absolute Gasteiger partial charge is 0.229 e. The summed E-state index contributed by atoms with van der Waals surface area (Å²) in [5, 5.41) is 0. The topological polar surface area (TPSA) is 59.0 Å². The van der Waals surface area contributed by atoms with Crippen LogP contribution in [0.4, 0.5) is 11.5 Å². The van der Waals surface area contributed by atoms with Gasteiger partial charge < -0.3 is 0 Å². The van der Waals surface area contributed by atoms with Crippen molar-refractivity contribution in [1.82, 2.24) is 15.0 Å². The summed E-state index contributed by atoms with van der Waals surface area (Å²) in [5.41, 5.74) is 2.51. The number of amides is 1. The van der Waals surface area contributed by atoms with Crippen LogP contribution in [0.15, 0.2) is 22.9 Å². The highest BCUT2D eigenvalue weighted by molar-refractivity contribution is 9.10. The molecule has 0 N–H and O–H groups in total. The van der Waals surface area contributed by atoms with Gasteiger partial charge in [-0.15, -0.1) is 0 Å². The van der Waals surface area contributed by atoms with Crippen LogP contribution >= 0.6 is 15.9 Å². The van der Waals surface area contributed by atoms with Gasteiger partial charge in [0.05, 0.1) is 15.9 Å². The normalized spacial score (nSPS) is 9.77. The molecule has 0 fully saturated rings. The lowest BCUT2D eigenvalue weighted by Gasteiger charge is -2.24. The molecule has 0 unspecified atom stereocenters. The molecular formula is C16H21BrN4O. The fourth-order valence-corrected chi connectivity index (χ4v) is 2.41. The second-order valence-electron chi connectivity index (χ2n) is 4.51. The fraction of sp³-hybridized carbons (Fsp3) is 0.375. The monoisotopic (exact) mass is 364 g/mol. The molecule has 2 aromatic heterocycles. The number of anilines is 2. The summed E-state index contributed by atoms with van der Waals surface area (Å²) in [7, 11) is 0. The molecule has 0 aliphatic heterocycles. The number of nitrogens with zero attached hydrogens (tertiary/aromatic N) is 4. The number of rotatable bonds is 2. The number of aromatic nitrogens is 3. The molecule has 0 bridgehead atoms. The Morgan fingerprint density at radius 3 is 2.36 bits per heavy atom. The van der Waals surface area contributed by atoms with Crippen LogP contribution in [0.2, 0.25) is 0 Å². The second-order valence-corrected chi connectivity index (χ2v) is 5.36. The maximum atomic E-state index is 12.1. The Morgan fingerprint density at radius 2 is 1.82 bits per heavy atom. The fourth-order valence-electron chi connectivity index (χ4n) is 2.04. The Bertz CT molecular complexity index is 653. The van der Waals surface area contributed by atoms with E-state index < -0.39 is 0 Å². The van der Waals surface area contributed by atoms with Crippen molar-refractivity contribution >= 4 is 33.3 Å². The molecule has 6 heteroatoms. The number of aryl methyl sites for hydroxylation is 3. The van der Waals surface area contributed by atoms with Crippen molar-refractivity contribution in [3.05, 3.63) is 40.0 Å². The van der Waals surface area contributed by atoms with Gasteiger partial charge in [0.15, 0.2) is 5.82 Å². The molecule has 0 saturated heterocycles. The SMILES string of the molecule is CC.CC(=O)N(c1nc(C)ncc1Br)c1c(C)ccnc1C. The minimum absolute atomic E-state index is 0.122. The highest BCUT2D eigenvalue weighted by atomic mass is 79.9. The molecule has 22 heavy (non-hydrogen) atoms. The van der Waals surface area contributed by atoms with E-state index in [0.717, 1.165) is 16.9 Å². The quantitative estimate of drug-likeness (QED) is 0.798. The second kappa shape index (κ2) is 7.98. The molecule has 2 rings (SSSR count). The molecule has 0 aliphatic rings. The van der Waals surface area contributed by atoms with E-state index in [1.165, 1.54) is 6.92 Å². The van der Waals surface area contributed by atoms with Crippen molar-refractivity contribution in [2.75, 3.05) is 4.90 Å². The third-order valence-electron chi connectivity index (χ3n) is 2.91. The highest BCUT2D eigenvalue weighted by Gasteiger charge is 2.22. The summed E-state index contributed by atoms with van der Waals surface area (Å²) < 4.78 is 0.668. The minimum Gasteiger partial charge on any atom is -0.274 e. The van der Waals surface area contributed by atoms with Crippen LogP contribution < -0.4 is 4.90 Å². The third-order valence-corrected chi connectivity index (χ3v) is 3.46. The molecule has 0 saturated carbocycles. The van der Waals surface area contributed by atoms with Gasteiger partial charge >= 0.3 is 0 Å². The zero-order valence-electron chi connectivity index (χ0n) is 13.8. The highest BCUT2D eigenvalue weighted by Crippen LogP contribution is 2.33. The lowest BCUT2D eigenvalue weighted by atomic mass is 10.1. The molecule has 2 heterocycles. The van der Waals surface area contributed by atoms with Crippen molar-refractivity contribution in [2.45, 2.75) is 41.5 Å². The van der Waals surface area contributed by atoms with Gasteiger partial charge in [-0.3, -0.25) is 14.7 Å². The van der Waals surface area contributed by atoms with Gasteiger partial charge in [0.2, 0.25) is 5.91 Å². The predicted octanol–water partition coefficient (Wildman–Crippen LogP) is 4.27. The summed E-state index contributed by atoms with van der Waals surface area (Å²) in [6, 6.07) is 1.88. The average molecular weight is 365 g/mol. The Kier molecular flexibility index (Phi) is 6.61. The maximum absolute atomic E-state index is 12.1. The first kappa shape index (κ1) is 18.2. The van der Waals surface area contributed by atoms with E-state index >= 15 is 0 Å². The first-order valence-corrected chi connectivity index (χ1v) is 7.93. The van der Waals surface area contributed by atoms with Crippen molar-refractivity contribution in [2.24, 2.45) is 0 Å². The van der Waals surface area contributed by atoms with Crippen LogP contribution in [0.1, 0.15) is 37.9 Å². The molecule has 2 aromatic rings. The Balaban J connectivity index is 0.00000116. The lowest BCUT2D eigenvalue weighted by Crippen LogP contribution is -2.26. The van der Waals surface area contributed by atoms with E-state index in [1.54, 1.807) is 24.2 Å². The summed E-state index contributed by atoms with van der Waals surface area (Å²) in [4.78, 5) is 26.4. The number of pyridine rings is 1. The first-order valence-electron chi connectivity index (χ1n) is 7.14. The Morgan fingerprint density at radius 1 is 1.18 bits per heavy atom. The van der Waals surface area contributed by atoms with E-state index in [4.69, 9.17) is 0 Å². The molecule has 1 amide bonds. The van der Waals surface area contributed by atoms with Crippen molar-refractivity contribution < 1.29 is 4.79 Å². The van der Waals surface area contributed by atoms with Crippen LogP contribution in [0.25, 0.3) is 0 Å². The van der Waals surface area contributed by atoms with E-state index in [0.29, 0.717) is 16.1 Å². The number of carbonyl (C=O) groups is 1. The molecular weight excluding hydrogens is 344 g/mol. The van der Waals surface area contributed by atoms with Gasteiger partial charge in [0.1, 0.15) is 5.82 Å². The minimum atomic E-state index is -0.122. The van der Waals surface area contributed by atoms with Crippen LogP contribution in [0.3, 0.4) is 0 Å². The number of carbonyl (C=O) groups excluding carboxylic acids is 1. The molecule has 0 aliphatic carbocycles. The molecule has 0 aromatic carbocycles. The van der Waals surface area contributed by atoms with E-state index in [2.05, 4.69) is 30.9 Å². The number of hydrogen-bond donors (Lipinski definition) is 0. The maximum Gasteiger partial charge on any atom is 0.229 e. The standard InChI is InChI=1S/C14H15BrN4O.C2H6/c1-8-5-6-16-9(2)13(8)19(11(4)20)14-12(15)7-17-10(3)18-14;1-2/h5-7H,1-4H3;1-2H3. The van der Waals surface area contributed by atoms with Gasteiger partial charge in [0, 0.05) is 19.3 Å². The van der Waals surface area contributed by atoms with Gasteiger partial charge in [-0.1, -0.05) is 13.8 Å². The van der Waals surface area contributed by atoms with Crippen molar-refractivity contribution in [3.63, 3.8) is 0 Å². The van der Waals surface area contributed by atoms with E-state index in [9.17, 15) is 4.79 Å². The molecule has 118 valence electrons. The molecule has 0 radical (unpaired) electrons. The average Bonchev–Trinajstić information content (AvgIpc) is 2.48. The summed E-state index contributed by atoms with van der Waals surface area (Å²) in [6.45, 7) is 11.1. The van der Waals surface area contributed by atoms with Crippen molar-refractivity contribution in [3.8, 4) is 0 Å². The van der Waals surface area contributed by atoms with E-state index in [1.807, 2.05) is 33.8 Å². The number of hydrogen-bond acceptors (Lipinski definition) is 4. The predicted molar refractivity (Wildman–Crippen MR) is 92.3 cm³/mol. The van der Waals surface area contributed by atoms with Crippen LogP contribution in [-0.2, 0) is 4.79 Å². The van der Waals surface area contributed by atoms with Crippen LogP contribution in [0.5, 0.6) is 0 Å². The lowest BCUT2D eigenvalue weighted by molar-refractivity contribution is -0.115. The first-order chi connectivity index (χ1) is 10.4. The third kappa shape index (κ3) is 3.88. The van der Waals surface area contributed by atoms with Crippen molar-refractivity contribution in [1.29, 1.82) is 0 Å². The summed E-state index contributed by atoms with van der Waals surface area (Å²) in [5.74, 6) is 1.01. The van der Waals surface area contributed by atoms with Crippen LogP contribution in [-0.4, -0.2) is 20.9 Å². The van der Waals surface area contributed by atoms with Crippen LogP contribution in [0, 0.1) is 20.8 Å². The molecule has 0 spiro atoms. The van der Waals surface area contributed by atoms with Gasteiger partial charge in [0.25, 0.3) is 0 Å². The summed E-state index contributed by atoms with van der Waals surface area (Å²) >= 11 is 3.41. The zero-order valence-corrected chi connectivity index (χ0v) is 15.4. The van der Waals surface area contributed by atoms with Gasteiger partial charge in [-0.25, -0.2) is 9.97 Å². The van der Waals surface area contributed by atoms with E-state index in [-0.39, 0.29) is 5.91 Å². The molecule has 0 atom stereocenters. The molecule has 5 nitrogen and oxygen atoms in total. The number of halogens is 1. The van der Waals surface area contributed by atoms with Gasteiger partial charge in [-0.05, 0) is 48.3 Å².